The highest BCUT2D eigenvalue weighted by molar-refractivity contribution is 6.07. The third-order valence-corrected chi connectivity index (χ3v) is 4.11. The van der Waals surface area contributed by atoms with Gasteiger partial charge in [-0.1, -0.05) is 30.4 Å². The summed E-state index contributed by atoms with van der Waals surface area (Å²) >= 11 is 0. The van der Waals surface area contributed by atoms with Crippen LogP contribution in [0.15, 0.2) is 66.1 Å². The van der Waals surface area contributed by atoms with E-state index in [2.05, 4.69) is 18.5 Å². The minimum Gasteiger partial charge on any atom is -0.495 e. The van der Waals surface area contributed by atoms with Crippen LogP contribution in [0.5, 0.6) is 5.75 Å². The van der Waals surface area contributed by atoms with E-state index in [4.69, 9.17) is 9.15 Å². The van der Waals surface area contributed by atoms with Crippen LogP contribution in [-0.4, -0.2) is 37.6 Å². The number of carbonyl (C=O) groups excluding carboxylic acids is 1. The van der Waals surface area contributed by atoms with Crippen LogP contribution < -0.4 is 10.1 Å². The van der Waals surface area contributed by atoms with Crippen molar-refractivity contribution in [1.29, 1.82) is 0 Å². The van der Waals surface area contributed by atoms with Crippen LogP contribution in [0, 0.1) is 0 Å². The molecule has 0 aliphatic heterocycles. The average molecular weight is 350 g/mol. The summed E-state index contributed by atoms with van der Waals surface area (Å²) in [6.07, 6.45) is 3.52. The Hall–Kier alpha value is -3.05. The van der Waals surface area contributed by atoms with Crippen LogP contribution in [-0.2, 0) is 4.79 Å². The largest absolute Gasteiger partial charge is 0.495 e. The molecule has 26 heavy (non-hydrogen) atoms. The Kier molecular flexibility index (Phi) is 5.39. The Morgan fingerprint density at radius 3 is 2.58 bits per heavy atom. The van der Waals surface area contributed by atoms with Gasteiger partial charge in [0.15, 0.2) is 0 Å². The van der Waals surface area contributed by atoms with Crippen LogP contribution in [0.3, 0.4) is 0 Å². The summed E-state index contributed by atoms with van der Waals surface area (Å²) in [6, 6.07) is 11.5. The van der Waals surface area contributed by atoms with Crippen molar-refractivity contribution in [3.63, 3.8) is 0 Å². The average Bonchev–Trinajstić information content (AvgIpc) is 2.98. The molecule has 0 radical (unpaired) electrons. The predicted octanol–water partition coefficient (Wildman–Crippen LogP) is 4.21. The number of hydrogen-bond donors (Lipinski definition) is 1. The lowest BCUT2D eigenvalue weighted by Gasteiger charge is -2.18. The van der Waals surface area contributed by atoms with E-state index in [0.29, 0.717) is 30.1 Å². The van der Waals surface area contributed by atoms with Gasteiger partial charge >= 0.3 is 0 Å². The van der Waals surface area contributed by atoms with Gasteiger partial charge in [-0.3, -0.25) is 9.69 Å². The van der Waals surface area contributed by atoms with Gasteiger partial charge in [-0.15, -0.1) is 13.2 Å². The maximum atomic E-state index is 12.4. The molecule has 1 N–H and O–H groups in total. The lowest BCUT2D eigenvalue weighted by molar-refractivity contribution is -0.117. The molecule has 5 heteroatoms. The first-order valence-corrected chi connectivity index (χ1v) is 8.39. The van der Waals surface area contributed by atoms with E-state index in [1.807, 2.05) is 35.2 Å². The molecule has 3 aromatic rings. The van der Waals surface area contributed by atoms with Crippen molar-refractivity contribution in [3.8, 4) is 5.75 Å². The van der Waals surface area contributed by atoms with Crippen LogP contribution in [0.2, 0.25) is 0 Å². The van der Waals surface area contributed by atoms with E-state index < -0.39 is 0 Å². The number of fused-ring (bicyclic) bond motifs is 3. The second kappa shape index (κ2) is 7.89. The zero-order chi connectivity index (χ0) is 18.5. The molecule has 3 rings (SSSR count). The second-order valence-electron chi connectivity index (χ2n) is 5.97. The number of methoxy groups -OCH3 is 1. The molecule has 1 aromatic heterocycles. The quantitative estimate of drug-likeness (QED) is 0.619. The predicted molar refractivity (Wildman–Crippen MR) is 106 cm³/mol. The molecular formula is C21H22N2O3. The van der Waals surface area contributed by atoms with Crippen molar-refractivity contribution >= 4 is 33.5 Å². The number of anilines is 1. The van der Waals surface area contributed by atoms with Crippen molar-refractivity contribution in [2.24, 2.45) is 0 Å². The van der Waals surface area contributed by atoms with E-state index in [-0.39, 0.29) is 12.5 Å². The van der Waals surface area contributed by atoms with Crippen molar-refractivity contribution in [2.45, 2.75) is 0 Å². The summed E-state index contributed by atoms with van der Waals surface area (Å²) in [4.78, 5) is 14.4. The highest BCUT2D eigenvalue weighted by atomic mass is 16.5. The number of hydrogen-bond acceptors (Lipinski definition) is 4. The summed E-state index contributed by atoms with van der Waals surface area (Å²) in [6.45, 7) is 8.89. The van der Waals surface area contributed by atoms with E-state index in [9.17, 15) is 4.79 Å². The Morgan fingerprint density at radius 2 is 1.88 bits per heavy atom. The minimum atomic E-state index is -0.137. The summed E-state index contributed by atoms with van der Waals surface area (Å²) in [5, 5.41) is 4.88. The first kappa shape index (κ1) is 17.8. The van der Waals surface area contributed by atoms with Crippen LogP contribution >= 0.6 is 0 Å². The molecule has 0 unspecified atom stereocenters. The van der Waals surface area contributed by atoms with Gasteiger partial charge in [0.05, 0.1) is 19.3 Å². The molecule has 0 aliphatic rings. The number of ether oxygens (including phenoxy) is 1. The van der Waals surface area contributed by atoms with E-state index in [1.165, 1.54) is 0 Å². The van der Waals surface area contributed by atoms with Crippen LogP contribution in [0.1, 0.15) is 0 Å². The van der Waals surface area contributed by atoms with Gasteiger partial charge < -0.3 is 14.5 Å². The van der Waals surface area contributed by atoms with Crippen molar-refractivity contribution in [3.05, 3.63) is 61.7 Å². The fraction of sp³-hybridized carbons (Fsp3) is 0.190. The molecule has 1 amide bonds. The molecule has 0 saturated heterocycles. The first-order valence-electron chi connectivity index (χ1n) is 8.39. The number of amides is 1. The summed E-state index contributed by atoms with van der Waals surface area (Å²) < 4.78 is 11.4. The molecule has 0 spiro atoms. The highest BCUT2D eigenvalue weighted by Crippen LogP contribution is 2.36. The Balaban J connectivity index is 1.89. The van der Waals surface area contributed by atoms with E-state index >= 15 is 0 Å². The zero-order valence-electron chi connectivity index (χ0n) is 14.8. The third kappa shape index (κ3) is 3.63. The molecule has 2 aromatic carbocycles. The van der Waals surface area contributed by atoms with Gasteiger partial charge in [0, 0.05) is 29.9 Å². The number of rotatable bonds is 8. The van der Waals surface area contributed by atoms with Crippen LogP contribution in [0.4, 0.5) is 5.69 Å². The maximum absolute atomic E-state index is 12.4. The van der Waals surface area contributed by atoms with E-state index in [0.717, 1.165) is 16.4 Å². The molecule has 0 fully saturated rings. The lowest BCUT2D eigenvalue weighted by atomic mass is 10.1. The zero-order valence-corrected chi connectivity index (χ0v) is 14.8. The molecule has 0 saturated carbocycles. The van der Waals surface area contributed by atoms with Gasteiger partial charge in [0.25, 0.3) is 0 Å². The normalized spacial score (nSPS) is 11.0. The Labute approximate surface area is 152 Å². The maximum Gasteiger partial charge on any atom is 0.238 e. The third-order valence-electron chi connectivity index (χ3n) is 4.11. The summed E-state index contributed by atoms with van der Waals surface area (Å²) in [5.74, 6) is 0.457. The number of furan rings is 1. The van der Waals surface area contributed by atoms with E-state index in [1.54, 1.807) is 25.3 Å². The molecule has 0 bridgehead atoms. The number of para-hydroxylation sites is 1. The molecule has 0 aliphatic carbocycles. The molecule has 0 atom stereocenters. The fourth-order valence-electron chi connectivity index (χ4n) is 2.98. The number of carbonyl (C=O) groups is 1. The molecular weight excluding hydrogens is 328 g/mol. The Bertz CT molecular complexity index is 948. The Morgan fingerprint density at radius 1 is 1.15 bits per heavy atom. The smallest absolute Gasteiger partial charge is 0.238 e. The summed E-state index contributed by atoms with van der Waals surface area (Å²) in [7, 11) is 1.58. The fourth-order valence-corrected chi connectivity index (χ4v) is 2.98. The highest BCUT2D eigenvalue weighted by Gasteiger charge is 2.15. The monoisotopic (exact) mass is 350 g/mol. The minimum absolute atomic E-state index is 0.137. The number of nitrogens with zero attached hydrogens (tertiary/aromatic N) is 1. The lowest BCUT2D eigenvalue weighted by Crippen LogP contribution is -2.33. The van der Waals surface area contributed by atoms with Crippen molar-refractivity contribution < 1.29 is 13.9 Å². The van der Waals surface area contributed by atoms with Crippen molar-refractivity contribution in [2.75, 3.05) is 32.1 Å². The summed E-state index contributed by atoms with van der Waals surface area (Å²) in [5.41, 5.74) is 2.09. The van der Waals surface area contributed by atoms with Crippen molar-refractivity contribution in [1.82, 2.24) is 4.90 Å². The van der Waals surface area contributed by atoms with Gasteiger partial charge in [-0.05, 0) is 12.1 Å². The van der Waals surface area contributed by atoms with Gasteiger partial charge in [-0.25, -0.2) is 0 Å². The molecule has 5 nitrogen and oxygen atoms in total. The standard InChI is InChI=1S/C21H22N2O3/c1-4-10-23(11-5-2)14-21(24)22-17-13-19-16(12-20(17)25-3)15-8-6-7-9-18(15)26-19/h4-9,12-13H,1-2,10-11,14H2,3H3,(H,22,24). The number of nitrogens with one attached hydrogen (secondary N) is 1. The topological polar surface area (TPSA) is 54.7 Å². The second-order valence-corrected chi connectivity index (χ2v) is 5.97. The molecule has 134 valence electrons. The first-order chi connectivity index (χ1) is 12.7. The molecule has 1 heterocycles. The van der Waals surface area contributed by atoms with Gasteiger partial charge in [0.2, 0.25) is 5.91 Å². The van der Waals surface area contributed by atoms with Gasteiger partial charge in [-0.2, -0.15) is 0 Å². The number of benzene rings is 2. The van der Waals surface area contributed by atoms with Crippen LogP contribution in [0.25, 0.3) is 21.9 Å². The SMILES string of the molecule is C=CCN(CC=C)CC(=O)Nc1cc2oc3ccccc3c2cc1OC. The van der Waals surface area contributed by atoms with Gasteiger partial charge in [0.1, 0.15) is 16.9 Å².